The molecule has 0 aliphatic rings. The smallest absolute Gasteiger partial charge is 0.342 e. The van der Waals surface area contributed by atoms with E-state index in [-0.39, 0.29) is 22.7 Å². The first-order valence-corrected chi connectivity index (χ1v) is 10.7. The van der Waals surface area contributed by atoms with Crippen molar-refractivity contribution in [2.45, 2.75) is 40.2 Å². The van der Waals surface area contributed by atoms with Gasteiger partial charge in [-0.1, -0.05) is 27.7 Å². The Hall–Kier alpha value is -3.22. The van der Waals surface area contributed by atoms with Crippen LogP contribution in [-0.2, 0) is 4.74 Å². The number of rotatable bonds is 10. The number of hydrogen-bond donors (Lipinski definition) is 0. The van der Waals surface area contributed by atoms with Gasteiger partial charge in [-0.05, 0) is 36.1 Å². The minimum Gasteiger partial charge on any atom is -0.497 e. The number of benzene rings is 2. The van der Waals surface area contributed by atoms with Crippen LogP contribution in [0.3, 0.4) is 0 Å². The molecule has 0 bridgehead atoms. The Morgan fingerprint density at radius 1 is 0.788 bits per heavy atom. The molecule has 7 nitrogen and oxygen atoms in total. The number of ether oxygens (including phenoxy) is 5. The zero-order valence-electron chi connectivity index (χ0n) is 20.7. The van der Waals surface area contributed by atoms with Gasteiger partial charge in [-0.15, -0.1) is 0 Å². The van der Waals surface area contributed by atoms with Crippen molar-refractivity contribution in [3.05, 3.63) is 47.5 Å². The van der Waals surface area contributed by atoms with E-state index >= 15 is 0 Å². The molecular formula is C26H34O7. The van der Waals surface area contributed by atoms with Crippen LogP contribution in [0, 0.1) is 11.3 Å². The third-order valence-corrected chi connectivity index (χ3v) is 5.25. The fourth-order valence-corrected chi connectivity index (χ4v) is 3.80. The maximum Gasteiger partial charge on any atom is 0.342 e. The monoisotopic (exact) mass is 458 g/mol. The van der Waals surface area contributed by atoms with E-state index in [9.17, 15) is 9.59 Å². The molecule has 0 radical (unpaired) electrons. The predicted molar refractivity (Wildman–Crippen MR) is 126 cm³/mol. The van der Waals surface area contributed by atoms with Crippen LogP contribution in [0.2, 0.25) is 0 Å². The molecule has 0 aliphatic heterocycles. The third-order valence-electron chi connectivity index (χ3n) is 5.25. The molecule has 0 saturated heterocycles. The molecule has 0 N–H and O–H groups in total. The third kappa shape index (κ3) is 6.63. The second-order valence-corrected chi connectivity index (χ2v) is 9.06. The normalized spacial score (nSPS) is 13.0. The number of hydrogen-bond acceptors (Lipinski definition) is 7. The van der Waals surface area contributed by atoms with Crippen molar-refractivity contribution in [3.8, 4) is 23.0 Å². The van der Waals surface area contributed by atoms with Crippen molar-refractivity contribution >= 4 is 11.8 Å². The summed E-state index contributed by atoms with van der Waals surface area (Å²) in [5, 5.41) is 0. The van der Waals surface area contributed by atoms with E-state index in [2.05, 4.69) is 20.8 Å². The molecule has 2 aromatic carbocycles. The first-order chi connectivity index (χ1) is 15.5. The molecule has 0 fully saturated rings. The molecule has 7 heteroatoms. The first kappa shape index (κ1) is 26.0. The van der Waals surface area contributed by atoms with Crippen LogP contribution in [0.4, 0.5) is 0 Å². The maximum absolute atomic E-state index is 13.6. The number of carbonyl (C=O) groups excluding carboxylic acids is 2. The number of ketones is 1. The fraction of sp³-hybridized carbons (Fsp3) is 0.462. The van der Waals surface area contributed by atoms with E-state index in [1.165, 1.54) is 28.4 Å². The second-order valence-electron chi connectivity index (χ2n) is 9.06. The standard InChI is InChI=1S/C26H34O7/c1-16(15-26(2,3)4)24(23(27)19-11-9-17(29-5)13-21(19)31-7)33-25(28)20-12-10-18(30-6)14-22(20)32-8/h9-14,16,24H,15H2,1-8H3. The molecule has 180 valence electrons. The SMILES string of the molecule is COc1ccc(C(=O)OC(C(=O)c2ccc(OC)cc2OC)C(C)CC(C)(C)C)c(OC)c1. The van der Waals surface area contributed by atoms with Crippen LogP contribution in [0.15, 0.2) is 36.4 Å². The number of Topliss-reactive ketones (excluding diaryl/α,β-unsaturated/α-hetero) is 1. The summed E-state index contributed by atoms with van der Waals surface area (Å²) >= 11 is 0. The van der Waals surface area contributed by atoms with Gasteiger partial charge in [0, 0.05) is 18.1 Å². The zero-order chi connectivity index (χ0) is 24.8. The lowest BCUT2D eigenvalue weighted by Gasteiger charge is -2.29. The minimum atomic E-state index is -1.02. The van der Waals surface area contributed by atoms with E-state index in [0.717, 1.165) is 0 Å². The van der Waals surface area contributed by atoms with Crippen LogP contribution in [0.5, 0.6) is 23.0 Å². The molecule has 0 spiro atoms. The molecule has 0 saturated carbocycles. The quantitative estimate of drug-likeness (QED) is 0.357. The van der Waals surface area contributed by atoms with E-state index in [1.807, 2.05) is 6.92 Å². The average Bonchev–Trinajstić information content (AvgIpc) is 2.79. The highest BCUT2D eigenvalue weighted by molar-refractivity contribution is 6.04. The summed E-state index contributed by atoms with van der Waals surface area (Å²) < 4.78 is 27.0. The maximum atomic E-state index is 13.6. The van der Waals surface area contributed by atoms with Crippen molar-refractivity contribution in [2.24, 2.45) is 11.3 Å². The number of esters is 1. The fourth-order valence-electron chi connectivity index (χ4n) is 3.80. The van der Waals surface area contributed by atoms with Crippen molar-refractivity contribution in [2.75, 3.05) is 28.4 Å². The second kappa shape index (κ2) is 11.1. The number of carbonyl (C=O) groups is 2. The van der Waals surface area contributed by atoms with Gasteiger partial charge in [-0.3, -0.25) is 4.79 Å². The summed E-state index contributed by atoms with van der Waals surface area (Å²) in [6.07, 6.45) is -0.361. The van der Waals surface area contributed by atoms with Crippen LogP contribution < -0.4 is 18.9 Å². The van der Waals surface area contributed by atoms with Crippen LogP contribution >= 0.6 is 0 Å². The summed E-state index contributed by atoms with van der Waals surface area (Å²) in [5.74, 6) is 0.509. The van der Waals surface area contributed by atoms with E-state index in [1.54, 1.807) is 36.4 Å². The molecule has 2 rings (SSSR count). The molecule has 2 unspecified atom stereocenters. The molecule has 0 aromatic heterocycles. The molecule has 2 atom stereocenters. The zero-order valence-corrected chi connectivity index (χ0v) is 20.7. The Balaban J connectivity index is 2.45. The summed E-state index contributed by atoms with van der Waals surface area (Å²) in [6, 6.07) is 9.73. The van der Waals surface area contributed by atoms with Gasteiger partial charge in [0.15, 0.2) is 6.10 Å². The van der Waals surface area contributed by atoms with E-state index in [4.69, 9.17) is 23.7 Å². The van der Waals surface area contributed by atoms with Crippen molar-refractivity contribution in [1.82, 2.24) is 0 Å². The van der Waals surface area contributed by atoms with E-state index in [0.29, 0.717) is 35.0 Å². The summed E-state index contributed by atoms with van der Waals surface area (Å²) in [6.45, 7) is 8.14. The van der Waals surface area contributed by atoms with Crippen LogP contribution in [0.25, 0.3) is 0 Å². The largest absolute Gasteiger partial charge is 0.497 e. The Morgan fingerprint density at radius 2 is 1.27 bits per heavy atom. The summed E-state index contributed by atoms with van der Waals surface area (Å²) in [7, 11) is 6.00. The Labute approximate surface area is 195 Å². The minimum absolute atomic E-state index is 0.0772. The van der Waals surface area contributed by atoms with Gasteiger partial charge in [0.2, 0.25) is 5.78 Å². The lowest BCUT2D eigenvalue weighted by Crippen LogP contribution is -2.35. The first-order valence-electron chi connectivity index (χ1n) is 10.7. The van der Waals surface area contributed by atoms with E-state index < -0.39 is 12.1 Å². The van der Waals surface area contributed by atoms with Crippen molar-refractivity contribution in [1.29, 1.82) is 0 Å². The van der Waals surface area contributed by atoms with Crippen LogP contribution in [-0.4, -0.2) is 46.3 Å². The topological polar surface area (TPSA) is 80.3 Å². The Bertz CT molecular complexity index is 975. The molecular weight excluding hydrogens is 424 g/mol. The molecule has 0 amide bonds. The number of methoxy groups -OCH3 is 4. The molecule has 33 heavy (non-hydrogen) atoms. The predicted octanol–water partition coefficient (Wildman–Crippen LogP) is 5.20. The van der Waals surface area contributed by atoms with Crippen molar-refractivity contribution in [3.63, 3.8) is 0 Å². The van der Waals surface area contributed by atoms with Crippen molar-refractivity contribution < 1.29 is 33.3 Å². The molecule has 0 heterocycles. The molecule has 2 aromatic rings. The van der Waals surface area contributed by atoms with Gasteiger partial charge in [-0.25, -0.2) is 4.79 Å². The Kier molecular flexibility index (Phi) is 8.74. The van der Waals surface area contributed by atoms with Gasteiger partial charge >= 0.3 is 5.97 Å². The van der Waals surface area contributed by atoms with Crippen LogP contribution in [0.1, 0.15) is 54.8 Å². The highest BCUT2D eigenvalue weighted by Gasteiger charge is 2.35. The lowest BCUT2D eigenvalue weighted by molar-refractivity contribution is 0.0120. The lowest BCUT2D eigenvalue weighted by atomic mass is 9.81. The summed E-state index contributed by atoms with van der Waals surface area (Å²) in [4.78, 5) is 26.8. The van der Waals surface area contributed by atoms with Gasteiger partial charge < -0.3 is 23.7 Å². The highest BCUT2D eigenvalue weighted by atomic mass is 16.6. The van der Waals surface area contributed by atoms with Gasteiger partial charge in [0.05, 0.1) is 34.0 Å². The van der Waals surface area contributed by atoms with Gasteiger partial charge in [-0.2, -0.15) is 0 Å². The average molecular weight is 459 g/mol. The van der Waals surface area contributed by atoms with Gasteiger partial charge in [0.25, 0.3) is 0 Å². The van der Waals surface area contributed by atoms with Gasteiger partial charge in [0.1, 0.15) is 28.6 Å². The highest BCUT2D eigenvalue weighted by Crippen LogP contribution is 2.33. The summed E-state index contributed by atoms with van der Waals surface area (Å²) in [5.41, 5.74) is 0.450. The molecule has 0 aliphatic carbocycles. The Morgan fingerprint density at radius 3 is 1.73 bits per heavy atom.